The molecule has 0 radical (unpaired) electrons. The Bertz CT molecular complexity index is 385. The smallest absolute Gasteiger partial charge is 0.327 e. The van der Waals surface area contributed by atoms with E-state index in [1.165, 1.54) is 7.11 Å². The van der Waals surface area contributed by atoms with Crippen LogP contribution in [0.2, 0.25) is 0 Å². The summed E-state index contributed by atoms with van der Waals surface area (Å²) in [4.78, 5) is 11.8. The van der Waals surface area contributed by atoms with E-state index in [4.69, 9.17) is 4.74 Å². The Labute approximate surface area is 115 Å². The van der Waals surface area contributed by atoms with E-state index in [0.717, 1.165) is 12.1 Å². The maximum Gasteiger partial charge on any atom is 0.327 e. The summed E-state index contributed by atoms with van der Waals surface area (Å²) in [6.07, 6.45) is 0. The molecule has 0 amide bonds. The number of rotatable bonds is 6. The minimum Gasteiger partial charge on any atom is -0.468 e. The molecule has 2 N–H and O–H groups in total. The molecular formula is C15H24N2O2. The van der Waals surface area contributed by atoms with Gasteiger partial charge < -0.3 is 10.1 Å². The molecule has 0 aliphatic heterocycles. The highest BCUT2D eigenvalue weighted by Gasteiger charge is 2.20. The minimum absolute atomic E-state index is 0.0786. The molecule has 0 bridgehead atoms. The Morgan fingerprint density at radius 2 is 1.84 bits per heavy atom. The van der Waals surface area contributed by atoms with Crippen LogP contribution in [0.25, 0.3) is 0 Å². The lowest BCUT2D eigenvalue weighted by atomic mass is 10.1. The Balaban J connectivity index is 2.55. The molecule has 19 heavy (non-hydrogen) atoms. The summed E-state index contributed by atoms with van der Waals surface area (Å²) in [5.41, 5.74) is 1.000. The van der Waals surface area contributed by atoms with Gasteiger partial charge in [0.2, 0.25) is 0 Å². The van der Waals surface area contributed by atoms with E-state index < -0.39 is 6.04 Å². The number of hydrogen-bond donors (Lipinski definition) is 2. The summed E-state index contributed by atoms with van der Waals surface area (Å²) in [5.74, 6) is -0.262. The van der Waals surface area contributed by atoms with Gasteiger partial charge in [0.1, 0.15) is 6.04 Å². The average molecular weight is 264 g/mol. The molecule has 0 aliphatic rings. The molecule has 1 aromatic carbocycles. The van der Waals surface area contributed by atoms with Crippen molar-refractivity contribution in [2.45, 2.75) is 32.4 Å². The van der Waals surface area contributed by atoms with Gasteiger partial charge in [-0.1, -0.05) is 30.3 Å². The number of ether oxygens (including phenoxy) is 1. The summed E-state index contributed by atoms with van der Waals surface area (Å²) in [6.45, 7) is 7.84. The fourth-order valence-corrected chi connectivity index (χ4v) is 1.75. The second-order valence-corrected chi connectivity index (χ2v) is 5.50. The molecule has 1 atom stereocenters. The van der Waals surface area contributed by atoms with Crippen molar-refractivity contribution in [3.63, 3.8) is 0 Å². The van der Waals surface area contributed by atoms with Gasteiger partial charge in [-0.3, -0.25) is 5.32 Å². The predicted octanol–water partition coefficient (Wildman–Crippen LogP) is 1.88. The van der Waals surface area contributed by atoms with E-state index in [0.29, 0.717) is 6.54 Å². The lowest BCUT2D eigenvalue weighted by molar-refractivity contribution is -0.143. The van der Waals surface area contributed by atoms with Crippen molar-refractivity contribution < 1.29 is 9.53 Å². The molecule has 0 saturated heterocycles. The van der Waals surface area contributed by atoms with Crippen LogP contribution >= 0.6 is 0 Å². The number of hydrogen-bond acceptors (Lipinski definition) is 4. The number of methoxy groups -OCH3 is 1. The zero-order chi connectivity index (χ0) is 14.3. The van der Waals surface area contributed by atoms with Crippen LogP contribution in [-0.4, -0.2) is 31.7 Å². The molecule has 4 heteroatoms. The minimum atomic E-state index is -0.409. The molecule has 0 saturated carbocycles. The van der Waals surface area contributed by atoms with Crippen molar-refractivity contribution in [3.05, 3.63) is 35.9 Å². The molecular weight excluding hydrogens is 240 g/mol. The highest BCUT2D eigenvalue weighted by atomic mass is 16.5. The molecule has 0 fully saturated rings. The molecule has 0 heterocycles. The Morgan fingerprint density at radius 1 is 1.21 bits per heavy atom. The van der Waals surface area contributed by atoms with Gasteiger partial charge in [-0.15, -0.1) is 0 Å². The van der Waals surface area contributed by atoms with Crippen LogP contribution < -0.4 is 10.6 Å². The first-order chi connectivity index (χ1) is 8.94. The van der Waals surface area contributed by atoms with Gasteiger partial charge in [0, 0.05) is 18.6 Å². The van der Waals surface area contributed by atoms with Crippen LogP contribution in [0.4, 0.5) is 0 Å². The lowest BCUT2D eigenvalue weighted by Gasteiger charge is -2.22. The monoisotopic (exact) mass is 264 g/mol. The normalized spacial score (nSPS) is 13.1. The fraction of sp³-hybridized carbons (Fsp3) is 0.533. The first-order valence-corrected chi connectivity index (χ1v) is 6.55. The topological polar surface area (TPSA) is 50.4 Å². The molecule has 0 aromatic heterocycles. The zero-order valence-corrected chi connectivity index (χ0v) is 12.2. The van der Waals surface area contributed by atoms with Crippen LogP contribution in [0.3, 0.4) is 0 Å². The van der Waals surface area contributed by atoms with Gasteiger partial charge in [-0.2, -0.15) is 0 Å². The number of carbonyl (C=O) groups excluding carboxylic acids is 1. The van der Waals surface area contributed by atoms with Crippen LogP contribution in [0.15, 0.2) is 30.3 Å². The van der Waals surface area contributed by atoms with Gasteiger partial charge >= 0.3 is 5.97 Å². The van der Waals surface area contributed by atoms with Crippen LogP contribution in [0.5, 0.6) is 0 Å². The van der Waals surface area contributed by atoms with Crippen molar-refractivity contribution in [2.24, 2.45) is 0 Å². The van der Waals surface area contributed by atoms with E-state index in [2.05, 4.69) is 31.4 Å². The van der Waals surface area contributed by atoms with Crippen molar-refractivity contribution in [1.29, 1.82) is 0 Å². The Hall–Kier alpha value is -1.39. The second-order valence-electron chi connectivity index (χ2n) is 5.50. The predicted molar refractivity (Wildman–Crippen MR) is 77.0 cm³/mol. The van der Waals surface area contributed by atoms with Gasteiger partial charge in [0.15, 0.2) is 0 Å². The quantitative estimate of drug-likeness (QED) is 0.608. The Morgan fingerprint density at radius 3 is 2.37 bits per heavy atom. The first-order valence-electron chi connectivity index (χ1n) is 6.55. The van der Waals surface area contributed by atoms with E-state index in [-0.39, 0.29) is 11.5 Å². The van der Waals surface area contributed by atoms with Gasteiger partial charge in [0.25, 0.3) is 0 Å². The Kier molecular flexibility index (Phi) is 5.99. The highest BCUT2D eigenvalue weighted by Crippen LogP contribution is 2.13. The fourth-order valence-electron chi connectivity index (χ4n) is 1.75. The van der Waals surface area contributed by atoms with Gasteiger partial charge in [-0.05, 0) is 26.3 Å². The van der Waals surface area contributed by atoms with Crippen molar-refractivity contribution in [1.82, 2.24) is 10.6 Å². The van der Waals surface area contributed by atoms with E-state index in [1.807, 2.05) is 30.3 Å². The van der Waals surface area contributed by atoms with Gasteiger partial charge in [0.05, 0.1) is 7.11 Å². The summed E-state index contributed by atoms with van der Waals surface area (Å²) < 4.78 is 4.84. The third-order valence-corrected chi connectivity index (χ3v) is 2.70. The number of esters is 1. The van der Waals surface area contributed by atoms with Crippen molar-refractivity contribution in [2.75, 3.05) is 20.2 Å². The standard InChI is InChI=1S/C15H24N2O2/c1-15(2,3)17-11-10-16-13(14(18)19-4)12-8-6-5-7-9-12/h5-9,13,16-17H,10-11H2,1-4H3. The molecule has 0 aliphatic carbocycles. The van der Waals surface area contributed by atoms with E-state index in [1.54, 1.807) is 0 Å². The third-order valence-electron chi connectivity index (χ3n) is 2.70. The molecule has 106 valence electrons. The van der Waals surface area contributed by atoms with Crippen LogP contribution in [-0.2, 0) is 9.53 Å². The molecule has 1 unspecified atom stereocenters. The highest BCUT2D eigenvalue weighted by molar-refractivity contribution is 5.77. The average Bonchev–Trinajstić information content (AvgIpc) is 2.38. The number of nitrogens with one attached hydrogen (secondary N) is 2. The van der Waals surface area contributed by atoms with Crippen molar-refractivity contribution in [3.8, 4) is 0 Å². The number of benzene rings is 1. The largest absolute Gasteiger partial charge is 0.468 e. The zero-order valence-electron chi connectivity index (χ0n) is 12.2. The van der Waals surface area contributed by atoms with E-state index >= 15 is 0 Å². The van der Waals surface area contributed by atoms with Gasteiger partial charge in [-0.25, -0.2) is 4.79 Å². The summed E-state index contributed by atoms with van der Waals surface area (Å²) in [5, 5.41) is 6.59. The molecule has 1 aromatic rings. The molecule has 4 nitrogen and oxygen atoms in total. The molecule has 0 spiro atoms. The SMILES string of the molecule is COC(=O)C(NCCNC(C)(C)C)c1ccccc1. The second kappa shape index (κ2) is 7.26. The summed E-state index contributed by atoms with van der Waals surface area (Å²) in [6, 6.07) is 9.20. The number of carbonyl (C=O) groups is 1. The molecule has 1 rings (SSSR count). The third kappa shape index (κ3) is 5.85. The summed E-state index contributed by atoms with van der Waals surface area (Å²) >= 11 is 0. The maximum atomic E-state index is 11.8. The maximum absolute atomic E-state index is 11.8. The van der Waals surface area contributed by atoms with Crippen LogP contribution in [0.1, 0.15) is 32.4 Å². The lowest BCUT2D eigenvalue weighted by Crippen LogP contribution is -2.42. The van der Waals surface area contributed by atoms with E-state index in [9.17, 15) is 4.79 Å². The summed E-state index contributed by atoms with van der Waals surface area (Å²) in [7, 11) is 1.41. The van der Waals surface area contributed by atoms with Crippen LogP contribution in [0, 0.1) is 0 Å². The van der Waals surface area contributed by atoms with Crippen molar-refractivity contribution >= 4 is 5.97 Å². The first kappa shape index (κ1) is 15.7.